The van der Waals surface area contributed by atoms with Gasteiger partial charge in [0.1, 0.15) is 0 Å². The third-order valence-electron chi connectivity index (χ3n) is 4.81. The Morgan fingerprint density at radius 3 is 2.62 bits per heavy atom. The second kappa shape index (κ2) is 7.88. The Morgan fingerprint density at radius 1 is 1.38 bits per heavy atom. The molecule has 24 heavy (non-hydrogen) atoms. The van der Waals surface area contributed by atoms with Gasteiger partial charge in [-0.3, -0.25) is 9.59 Å². The molecule has 1 aliphatic heterocycles. The third-order valence-corrected chi connectivity index (χ3v) is 5.76. The van der Waals surface area contributed by atoms with Crippen molar-refractivity contribution in [1.82, 2.24) is 4.90 Å². The SMILES string of the molecule is C=CC(C)(CC)C(=O)Nc1cccc(C(=O)N2CCSCC2)c1C. The van der Waals surface area contributed by atoms with Gasteiger partial charge in [-0.1, -0.05) is 19.1 Å². The van der Waals surface area contributed by atoms with Gasteiger partial charge in [-0.05, 0) is 38.0 Å². The minimum atomic E-state index is -0.615. The van der Waals surface area contributed by atoms with Crippen molar-refractivity contribution in [3.8, 4) is 0 Å². The lowest BCUT2D eigenvalue weighted by molar-refractivity contribution is -0.122. The van der Waals surface area contributed by atoms with E-state index in [1.54, 1.807) is 6.08 Å². The number of carbonyl (C=O) groups is 2. The van der Waals surface area contributed by atoms with Gasteiger partial charge < -0.3 is 10.2 Å². The number of carbonyl (C=O) groups excluding carboxylic acids is 2. The average Bonchev–Trinajstić information content (AvgIpc) is 2.62. The number of anilines is 1. The van der Waals surface area contributed by atoms with Crippen LogP contribution < -0.4 is 5.32 Å². The standard InChI is InChI=1S/C19H26N2O2S/c1-5-19(4,6-2)18(23)20-16-9-7-8-15(14(16)3)17(22)21-10-12-24-13-11-21/h5,7-9H,1,6,10-13H2,2-4H3,(H,20,23). The number of nitrogens with zero attached hydrogens (tertiary/aromatic N) is 1. The summed E-state index contributed by atoms with van der Waals surface area (Å²) in [6.07, 6.45) is 2.35. The van der Waals surface area contributed by atoms with Gasteiger partial charge in [-0.25, -0.2) is 0 Å². The van der Waals surface area contributed by atoms with Crippen molar-refractivity contribution in [2.45, 2.75) is 27.2 Å². The van der Waals surface area contributed by atoms with Crippen LogP contribution in [0.1, 0.15) is 36.2 Å². The Labute approximate surface area is 148 Å². The molecular weight excluding hydrogens is 320 g/mol. The number of nitrogens with one attached hydrogen (secondary N) is 1. The first-order chi connectivity index (χ1) is 11.4. The van der Waals surface area contributed by atoms with Crippen molar-refractivity contribution < 1.29 is 9.59 Å². The van der Waals surface area contributed by atoms with E-state index < -0.39 is 5.41 Å². The first-order valence-electron chi connectivity index (χ1n) is 8.34. The molecule has 1 unspecified atom stereocenters. The molecule has 0 spiro atoms. The molecule has 1 saturated heterocycles. The number of benzene rings is 1. The molecule has 1 N–H and O–H groups in total. The van der Waals surface area contributed by atoms with Crippen LogP contribution in [-0.2, 0) is 4.79 Å². The highest BCUT2D eigenvalue weighted by molar-refractivity contribution is 7.99. The van der Waals surface area contributed by atoms with Crippen LogP contribution in [0.25, 0.3) is 0 Å². The van der Waals surface area contributed by atoms with Crippen molar-refractivity contribution in [2.24, 2.45) is 5.41 Å². The van der Waals surface area contributed by atoms with Gasteiger partial charge in [0.15, 0.2) is 0 Å². The zero-order valence-corrected chi connectivity index (χ0v) is 15.5. The van der Waals surface area contributed by atoms with Crippen LogP contribution in [-0.4, -0.2) is 41.3 Å². The third kappa shape index (κ3) is 3.83. The maximum atomic E-state index is 12.8. The normalized spacial score (nSPS) is 17.0. The number of amides is 2. The second-order valence-electron chi connectivity index (χ2n) is 6.31. The molecule has 4 nitrogen and oxygen atoms in total. The summed E-state index contributed by atoms with van der Waals surface area (Å²) in [4.78, 5) is 27.2. The fraction of sp³-hybridized carbons (Fsp3) is 0.474. The van der Waals surface area contributed by atoms with Crippen molar-refractivity contribution in [3.63, 3.8) is 0 Å². The largest absolute Gasteiger partial charge is 0.337 e. The molecule has 0 bridgehead atoms. The molecule has 1 aromatic rings. The van der Waals surface area contributed by atoms with Crippen LogP contribution in [0.4, 0.5) is 5.69 Å². The van der Waals surface area contributed by atoms with Gasteiger partial charge in [-0.15, -0.1) is 6.58 Å². The van der Waals surface area contributed by atoms with E-state index in [-0.39, 0.29) is 11.8 Å². The molecule has 2 rings (SSSR count). The molecule has 1 atom stereocenters. The van der Waals surface area contributed by atoms with Gasteiger partial charge >= 0.3 is 0 Å². The Bertz CT molecular complexity index is 638. The fourth-order valence-electron chi connectivity index (χ4n) is 2.60. The van der Waals surface area contributed by atoms with Crippen molar-refractivity contribution in [3.05, 3.63) is 42.0 Å². The maximum absolute atomic E-state index is 12.8. The van der Waals surface area contributed by atoms with Gasteiger partial charge in [0, 0.05) is 35.8 Å². The van der Waals surface area contributed by atoms with E-state index in [1.165, 1.54) is 0 Å². The van der Waals surface area contributed by atoms with Crippen LogP contribution in [0.3, 0.4) is 0 Å². The van der Waals surface area contributed by atoms with Gasteiger partial charge in [0.05, 0.1) is 5.41 Å². The summed E-state index contributed by atoms with van der Waals surface area (Å²) < 4.78 is 0. The zero-order valence-electron chi connectivity index (χ0n) is 14.7. The van der Waals surface area contributed by atoms with Crippen molar-refractivity contribution in [1.29, 1.82) is 0 Å². The molecular formula is C19H26N2O2S. The van der Waals surface area contributed by atoms with Crippen LogP contribution in [0.2, 0.25) is 0 Å². The van der Waals surface area contributed by atoms with Crippen molar-refractivity contribution >= 4 is 29.3 Å². The number of hydrogen-bond donors (Lipinski definition) is 1. The molecule has 130 valence electrons. The van der Waals surface area contributed by atoms with Gasteiger partial charge in [-0.2, -0.15) is 11.8 Å². The quantitative estimate of drug-likeness (QED) is 0.827. The fourth-order valence-corrected chi connectivity index (χ4v) is 3.51. The number of rotatable bonds is 5. The maximum Gasteiger partial charge on any atom is 0.254 e. The summed E-state index contributed by atoms with van der Waals surface area (Å²) in [5, 5.41) is 2.97. The van der Waals surface area contributed by atoms with Crippen LogP contribution in [0.5, 0.6) is 0 Å². The van der Waals surface area contributed by atoms with E-state index in [0.717, 1.165) is 30.2 Å². The Balaban J connectivity index is 2.23. The Hall–Kier alpha value is -1.75. The molecule has 0 saturated carbocycles. The molecule has 1 aliphatic rings. The lowest BCUT2D eigenvalue weighted by Gasteiger charge is -2.28. The van der Waals surface area contributed by atoms with E-state index in [9.17, 15) is 9.59 Å². The Kier molecular flexibility index (Phi) is 6.10. The van der Waals surface area contributed by atoms with E-state index in [4.69, 9.17) is 0 Å². The molecule has 1 fully saturated rings. The lowest BCUT2D eigenvalue weighted by Crippen LogP contribution is -2.38. The summed E-state index contributed by atoms with van der Waals surface area (Å²) in [6, 6.07) is 5.50. The molecule has 2 amide bonds. The van der Waals surface area contributed by atoms with E-state index in [2.05, 4.69) is 11.9 Å². The van der Waals surface area contributed by atoms with Crippen LogP contribution in [0.15, 0.2) is 30.9 Å². The van der Waals surface area contributed by atoms with E-state index in [0.29, 0.717) is 17.7 Å². The second-order valence-corrected chi connectivity index (χ2v) is 7.54. The summed E-state index contributed by atoms with van der Waals surface area (Å²) in [5.74, 6) is 1.91. The molecule has 1 heterocycles. The highest BCUT2D eigenvalue weighted by atomic mass is 32.2. The number of hydrogen-bond acceptors (Lipinski definition) is 3. The summed E-state index contributed by atoms with van der Waals surface area (Å²) in [6.45, 7) is 11.0. The predicted molar refractivity (Wildman–Crippen MR) is 102 cm³/mol. The Morgan fingerprint density at radius 2 is 2.04 bits per heavy atom. The van der Waals surface area contributed by atoms with Gasteiger partial charge in [0.2, 0.25) is 5.91 Å². The molecule has 5 heteroatoms. The van der Waals surface area contributed by atoms with E-state index in [1.807, 2.05) is 55.6 Å². The smallest absolute Gasteiger partial charge is 0.254 e. The highest BCUT2D eigenvalue weighted by Crippen LogP contribution is 2.27. The number of thioether (sulfide) groups is 1. The highest BCUT2D eigenvalue weighted by Gasteiger charge is 2.28. The van der Waals surface area contributed by atoms with E-state index >= 15 is 0 Å². The molecule has 0 aliphatic carbocycles. The molecule has 0 radical (unpaired) electrons. The predicted octanol–water partition coefficient (Wildman–Crippen LogP) is 3.72. The van der Waals surface area contributed by atoms with Crippen LogP contribution >= 0.6 is 11.8 Å². The van der Waals surface area contributed by atoms with Crippen molar-refractivity contribution in [2.75, 3.05) is 29.9 Å². The first kappa shape index (κ1) is 18.6. The minimum Gasteiger partial charge on any atom is -0.337 e. The molecule has 0 aromatic heterocycles. The van der Waals surface area contributed by atoms with Crippen LogP contribution in [0, 0.1) is 12.3 Å². The summed E-state index contributed by atoms with van der Waals surface area (Å²) in [7, 11) is 0. The average molecular weight is 346 g/mol. The van der Waals surface area contributed by atoms with Gasteiger partial charge in [0.25, 0.3) is 5.91 Å². The summed E-state index contributed by atoms with van der Waals surface area (Å²) >= 11 is 1.87. The monoisotopic (exact) mass is 346 g/mol. The minimum absolute atomic E-state index is 0.0471. The summed E-state index contributed by atoms with van der Waals surface area (Å²) in [5.41, 5.74) is 1.56. The first-order valence-corrected chi connectivity index (χ1v) is 9.50. The molecule has 1 aromatic carbocycles. The zero-order chi connectivity index (χ0) is 17.7. The lowest BCUT2D eigenvalue weighted by atomic mass is 9.86. The topological polar surface area (TPSA) is 49.4 Å².